The molecule has 3 N–H and O–H groups in total. The monoisotopic (exact) mass is 493 g/mol. The summed E-state index contributed by atoms with van der Waals surface area (Å²) < 4.78 is 0. The van der Waals surface area contributed by atoms with Crippen molar-refractivity contribution in [1.29, 1.82) is 0 Å². The SMILES string of the molecule is CCC1CCC(NC(=NC)NCCCN2C(=O)NC(C)(CC)C2=O)CC1.I. The quantitative estimate of drug-likeness (QED) is 0.167. The Morgan fingerprint density at radius 1 is 1.26 bits per heavy atom. The highest BCUT2D eigenvalue weighted by Gasteiger charge is 2.45. The largest absolute Gasteiger partial charge is 0.356 e. The van der Waals surface area contributed by atoms with E-state index in [4.69, 9.17) is 0 Å². The predicted molar refractivity (Wildman–Crippen MR) is 120 cm³/mol. The molecular formula is C19H36IN5O2. The molecule has 1 saturated carbocycles. The van der Waals surface area contributed by atoms with Crippen LogP contribution in [-0.4, -0.2) is 54.5 Å². The summed E-state index contributed by atoms with van der Waals surface area (Å²) in [5.74, 6) is 1.56. The van der Waals surface area contributed by atoms with E-state index < -0.39 is 5.54 Å². The molecule has 0 spiro atoms. The minimum Gasteiger partial charge on any atom is -0.356 e. The van der Waals surface area contributed by atoms with Gasteiger partial charge in [-0.05, 0) is 51.4 Å². The number of carbonyl (C=O) groups is 2. The van der Waals surface area contributed by atoms with Gasteiger partial charge in [0.25, 0.3) is 5.91 Å². The summed E-state index contributed by atoms with van der Waals surface area (Å²) in [5.41, 5.74) is -0.751. The molecule has 0 aromatic heterocycles. The number of carbonyl (C=O) groups excluding carboxylic acids is 2. The van der Waals surface area contributed by atoms with E-state index >= 15 is 0 Å². The average Bonchev–Trinajstić information content (AvgIpc) is 2.87. The second kappa shape index (κ2) is 11.1. The van der Waals surface area contributed by atoms with E-state index in [9.17, 15) is 9.59 Å². The maximum absolute atomic E-state index is 12.4. The van der Waals surface area contributed by atoms with Crippen molar-refractivity contribution in [2.75, 3.05) is 20.1 Å². The van der Waals surface area contributed by atoms with Crippen molar-refractivity contribution < 1.29 is 9.59 Å². The molecule has 2 aliphatic rings. The summed E-state index contributed by atoms with van der Waals surface area (Å²) in [6.45, 7) is 7.06. The fraction of sp³-hybridized carbons (Fsp3) is 0.842. The highest BCUT2D eigenvalue weighted by molar-refractivity contribution is 14.0. The van der Waals surface area contributed by atoms with Crippen LogP contribution in [0, 0.1) is 5.92 Å². The van der Waals surface area contributed by atoms with Gasteiger partial charge in [-0.3, -0.25) is 14.7 Å². The summed E-state index contributed by atoms with van der Waals surface area (Å²) in [7, 11) is 1.77. The summed E-state index contributed by atoms with van der Waals surface area (Å²) in [5, 5.41) is 9.58. The lowest BCUT2D eigenvalue weighted by Crippen LogP contribution is -2.45. The third-order valence-corrected chi connectivity index (χ3v) is 5.89. The lowest BCUT2D eigenvalue weighted by Gasteiger charge is -2.29. The van der Waals surface area contributed by atoms with Crippen LogP contribution in [0.4, 0.5) is 4.79 Å². The molecule has 0 bridgehead atoms. The number of aliphatic imine (C=N–C) groups is 1. The van der Waals surface area contributed by atoms with Crippen LogP contribution in [0.3, 0.4) is 0 Å². The van der Waals surface area contributed by atoms with Gasteiger partial charge in [-0.25, -0.2) is 4.79 Å². The lowest BCUT2D eigenvalue weighted by molar-refractivity contribution is -0.130. The zero-order chi connectivity index (χ0) is 19.2. The number of nitrogens with zero attached hydrogens (tertiary/aromatic N) is 2. The third-order valence-electron chi connectivity index (χ3n) is 5.89. The van der Waals surface area contributed by atoms with Gasteiger partial charge in [-0.2, -0.15) is 0 Å². The van der Waals surface area contributed by atoms with Crippen molar-refractivity contribution in [1.82, 2.24) is 20.9 Å². The van der Waals surface area contributed by atoms with Gasteiger partial charge in [0.05, 0.1) is 0 Å². The van der Waals surface area contributed by atoms with E-state index in [-0.39, 0.29) is 35.9 Å². The number of amides is 3. The Bertz CT molecular complexity index is 534. The van der Waals surface area contributed by atoms with E-state index in [1.807, 2.05) is 6.92 Å². The number of guanidine groups is 1. The summed E-state index contributed by atoms with van der Waals surface area (Å²) in [6.07, 6.45) is 7.53. The molecule has 1 atom stereocenters. The summed E-state index contributed by atoms with van der Waals surface area (Å²) in [6, 6.07) is 0.203. The second-order valence-corrected chi connectivity index (χ2v) is 7.70. The van der Waals surface area contributed by atoms with Crippen molar-refractivity contribution in [2.24, 2.45) is 10.9 Å². The number of imide groups is 1. The molecule has 3 amide bonds. The summed E-state index contributed by atoms with van der Waals surface area (Å²) in [4.78, 5) is 30.0. The Hall–Kier alpha value is -1.06. The van der Waals surface area contributed by atoms with Crippen LogP contribution in [0.1, 0.15) is 65.7 Å². The van der Waals surface area contributed by atoms with Gasteiger partial charge in [0.1, 0.15) is 5.54 Å². The van der Waals surface area contributed by atoms with E-state index in [1.165, 1.54) is 37.0 Å². The minimum absolute atomic E-state index is 0. The molecule has 8 heteroatoms. The smallest absolute Gasteiger partial charge is 0.325 e. The van der Waals surface area contributed by atoms with Crippen LogP contribution in [0.5, 0.6) is 0 Å². The van der Waals surface area contributed by atoms with Gasteiger partial charge in [0.2, 0.25) is 0 Å². The van der Waals surface area contributed by atoms with Crippen LogP contribution in [0.25, 0.3) is 0 Å². The Morgan fingerprint density at radius 3 is 2.44 bits per heavy atom. The molecule has 1 heterocycles. The first-order valence-electron chi connectivity index (χ1n) is 10.0. The second-order valence-electron chi connectivity index (χ2n) is 7.70. The van der Waals surface area contributed by atoms with Crippen molar-refractivity contribution >= 4 is 41.9 Å². The fourth-order valence-electron chi connectivity index (χ4n) is 3.74. The third kappa shape index (κ3) is 6.22. The van der Waals surface area contributed by atoms with Gasteiger partial charge in [-0.15, -0.1) is 24.0 Å². The maximum Gasteiger partial charge on any atom is 0.325 e. The van der Waals surface area contributed by atoms with Crippen molar-refractivity contribution in [3.8, 4) is 0 Å². The zero-order valence-corrected chi connectivity index (χ0v) is 19.5. The van der Waals surface area contributed by atoms with Gasteiger partial charge in [-0.1, -0.05) is 20.3 Å². The van der Waals surface area contributed by atoms with Crippen LogP contribution in [0.15, 0.2) is 4.99 Å². The van der Waals surface area contributed by atoms with Crippen molar-refractivity contribution in [3.63, 3.8) is 0 Å². The number of hydrogen-bond donors (Lipinski definition) is 3. The molecule has 156 valence electrons. The molecule has 0 radical (unpaired) electrons. The van der Waals surface area contributed by atoms with Gasteiger partial charge >= 0.3 is 6.03 Å². The van der Waals surface area contributed by atoms with Crippen LogP contribution >= 0.6 is 24.0 Å². The Balaban J connectivity index is 0.00000364. The van der Waals surface area contributed by atoms with Gasteiger partial charge < -0.3 is 16.0 Å². The standard InChI is InChI=1S/C19H35N5O2.HI/c1-5-14-8-10-15(11-9-14)22-17(20-4)21-12-7-13-24-16(25)19(3,6-2)23-18(24)26;/h14-15H,5-13H2,1-4H3,(H,23,26)(H2,20,21,22);1H. The number of hydrogen-bond acceptors (Lipinski definition) is 3. The highest BCUT2D eigenvalue weighted by atomic mass is 127. The molecule has 1 unspecified atom stereocenters. The topological polar surface area (TPSA) is 85.8 Å². The van der Waals surface area contributed by atoms with E-state index in [2.05, 4.69) is 27.9 Å². The first-order valence-corrected chi connectivity index (χ1v) is 10.0. The van der Waals surface area contributed by atoms with E-state index in [1.54, 1.807) is 14.0 Å². The normalized spacial score (nSPS) is 28.6. The van der Waals surface area contributed by atoms with Crippen molar-refractivity contribution in [3.05, 3.63) is 0 Å². The van der Waals surface area contributed by atoms with Crippen LogP contribution in [-0.2, 0) is 4.79 Å². The molecule has 2 fully saturated rings. The highest BCUT2D eigenvalue weighted by Crippen LogP contribution is 2.26. The maximum atomic E-state index is 12.4. The number of halogens is 1. The zero-order valence-electron chi connectivity index (χ0n) is 17.1. The van der Waals surface area contributed by atoms with Gasteiger partial charge in [0, 0.05) is 26.2 Å². The van der Waals surface area contributed by atoms with Crippen LogP contribution in [0.2, 0.25) is 0 Å². The first-order chi connectivity index (χ1) is 12.4. The van der Waals surface area contributed by atoms with E-state index in [0.29, 0.717) is 32.0 Å². The molecule has 1 aliphatic heterocycles. The lowest BCUT2D eigenvalue weighted by atomic mass is 9.84. The minimum atomic E-state index is -0.751. The number of urea groups is 1. The number of nitrogens with one attached hydrogen (secondary N) is 3. The molecule has 27 heavy (non-hydrogen) atoms. The van der Waals surface area contributed by atoms with Gasteiger partial charge in [0.15, 0.2) is 5.96 Å². The Morgan fingerprint density at radius 2 is 1.93 bits per heavy atom. The molecule has 2 rings (SSSR count). The van der Waals surface area contributed by atoms with Crippen LogP contribution < -0.4 is 16.0 Å². The molecule has 7 nitrogen and oxygen atoms in total. The number of rotatable bonds is 7. The first kappa shape index (κ1) is 24.0. The Kier molecular flexibility index (Phi) is 9.83. The van der Waals surface area contributed by atoms with Crippen molar-refractivity contribution in [2.45, 2.75) is 77.3 Å². The molecule has 1 saturated heterocycles. The molecule has 1 aliphatic carbocycles. The Labute approximate surface area is 180 Å². The molecule has 0 aromatic rings. The predicted octanol–water partition coefficient (Wildman–Crippen LogP) is 2.85. The van der Waals surface area contributed by atoms with E-state index in [0.717, 1.165) is 11.9 Å². The molecular weight excluding hydrogens is 457 g/mol. The summed E-state index contributed by atoms with van der Waals surface area (Å²) >= 11 is 0. The average molecular weight is 493 g/mol. The molecule has 0 aromatic carbocycles. The fourth-order valence-corrected chi connectivity index (χ4v) is 3.74.